The minimum Gasteiger partial charge on any atom is -0.495 e. The fraction of sp³-hybridized carbons (Fsp3) is 0.120. The molecule has 0 radical (unpaired) electrons. The van der Waals surface area contributed by atoms with Crippen LogP contribution in [0, 0.1) is 5.82 Å². The second-order valence-corrected chi connectivity index (χ2v) is 9.35. The fourth-order valence-corrected chi connectivity index (χ4v) is 5.00. The molecule has 0 spiro atoms. The summed E-state index contributed by atoms with van der Waals surface area (Å²) in [6.45, 7) is 0. The highest BCUT2D eigenvalue weighted by Crippen LogP contribution is 2.44. The van der Waals surface area contributed by atoms with Crippen LogP contribution in [0.3, 0.4) is 0 Å². The minimum absolute atomic E-state index is 0.302. The molecule has 0 aliphatic carbocycles. The average molecular weight is 559 g/mol. The number of thiocarbonyl (C=S) groups is 1. The van der Waals surface area contributed by atoms with E-state index in [9.17, 15) is 4.39 Å². The van der Waals surface area contributed by atoms with Crippen molar-refractivity contribution in [3.63, 3.8) is 0 Å². The third-order valence-electron chi connectivity index (χ3n) is 5.63. The number of pyridine rings is 1. The first kappa shape index (κ1) is 22.8. The van der Waals surface area contributed by atoms with Crippen molar-refractivity contribution in [2.75, 3.05) is 12.0 Å². The molecule has 172 valence electrons. The number of methoxy groups -OCH3 is 1. The summed E-state index contributed by atoms with van der Waals surface area (Å²) >= 11 is 15.4. The normalized spacial score (nSPS) is 17.6. The molecule has 0 amide bonds. The number of benzene rings is 2. The van der Waals surface area contributed by atoms with Gasteiger partial charge in [0.1, 0.15) is 29.1 Å². The van der Waals surface area contributed by atoms with Gasteiger partial charge in [0, 0.05) is 16.4 Å². The molecule has 1 aliphatic rings. The van der Waals surface area contributed by atoms with E-state index in [1.54, 1.807) is 43.6 Å². The third-order valence-corrected chi connectivity index (χ3v) is 6.73. The first-order valence-electron chi connectivity index (χ1n) is 10.4. The monoisotopic (exact) mass is 557 g/mol. The van der Waals surface area contributed by atoms with Gasteiger partial charge in [0.2, 0.25) is 0 Å². The van der Waals surface area contributed by atoms with Crippen molar-refractivity contribution in [3.05, 3.63) is 99.7 Å². The summed E-state index contributed by atoms with van der Waals surface area (Å²) in [5.41, 5.74) is 1.93. The number of furan rings is 1. The molecule has 1 saturated heterocycles. The Kier molecular flexibility index (Phi) is 6.29. The van der Waals surface area contributed by atoms with Crippen LogP contribution in [0.2, 0.25) is 5.02 Å². The Morgan fingerprint density at radius 1 is 1.15 bits per heavy atom. The topological polar surface area (TPSA) is 50.5 Å². The molecule has 2 aromatic heterocycles. The molecule has 4 aromatic rings. The Hall–Kier alpha value is -2.94. The standard InChI is InChI=1S/C25H18BrClFN3O2S/c1-32-21-8-6-15(13-17(21)27)31-24(23(30-25(31)34)19-4-2-3-11-29-19)22-10-9-20(33-22)16-7-5-14(26)12-18(16)28/h2-13,23-24H,1H3,(H,30,34)/t23-,24+/m1/s1. The summed E-state index contributed by atoms with van der Waals surface area (Å²) < 4.78 is 26.8. The maximum atomic E-state index is 14.6. The molecule has 3 heterocycles. The number of hydrogen-bond donors (Lipinski definition) is 1. The van der Waals surface area contributed by atoms with Crippen LogP contribution in [-0.2, 0) is 0 Å². The van der Waals surface area contributed by atoms with Gasteiger partial charge in [-0.3, -0.25) is 4.98 Å². The number of rotatable bonds is 5. The lowest BCUT2D eigenvalue weighted by molar-refractivity contribution is 0.415. The highest BCUT2D eigenvalue weighted by molar-refractivity contribution is 9.10. The summed E-state index contributed by atoms with van der Waals surface area (Å²) in [7, 11) is 1.56. The van der Waals surface area contributed by atoms with E-state index >= 15 is 0 Å². The zero-order valence-electron chi connectivity index (χ0n) is 17.8. The molecule has 5 nitrogen and oxygen atoms in total. The molecule has 5 rings (SSSR count). The largest absolute Gasteiger partial charge is 0.495 e. The van der Waals surface area contributed by atoms with E-state index in [0.29, 0.717) is 37.4 Å². The van der Waals surface area contributed by atoms with E-state index in [1.807, 2.05) is 35.2 Å². The van der Waals surface area contributed by atoms with Crippen molar-refractivity contribution in [2.45, 2.75) is 12.1 Å². The quantitative estimate of drug-likeness (QED) is 0.264. The molecule has 0 saturated carbocycles. The van der Waals surface area contributed by atoms with E-state index in [2.05, 4.69) is 26.2 Å². The van der Waals surface area contributed by atoms with Gasteiger partial charge < -0.3 is 19.4 Å². The van der Waals surface area contributed by atoms with Gasteiger partial charge in [-0.05, 0) is 72.9 Å². The smallest absolute Gasteiger partial charge is 0.174 e. The first-order valence-corrected chi connectivity index (χ1v) is 11.9. The SMILES string of the molecule is COc1ccc(N2C(=S)N[C@H](c3ccccn3)[C@@H]2c2ccc(-c3ccc(Br)cc3F)o2)cc1Cl. The van der Waals surface area contributed by atoms with Crippen molar-refractivity contribution in [1.29, 1.82) is 0 Å². The molecule has 34 heavy (non-hydrogen) atoms. The van der Waals surface area contributed by atoms with Crippen molar-refractivity contribution >= 4 is 50.5 Å². The maximum absolute atomic E-state index is 14.6. The summed E-state index contributed by atoms with van der Waals surface area (Å²) in [4.78, 5) is 6.46. The summed E-state index contributed by atoms with van der Waals surface area (Å²) in [5.74, 6) is 1.21. The minimum atomic E-state index is -0.390. The summed E-state index contributed by atoms with van der Waals surface area (Å²) in [6.07, 6.45) is 1.73. The lowest BCUT2D eigenvalue weighted by atomic mass is 10.0. The molecule has 1 fully saturated rings. The predicted molar refractivity (Wildman–Crippen MR) is 138 cm³/mol. The van der Waals surface area contributed by atoms with Crippen LogP contribution in [0.1, 0.15) is 23.5 Å². The Bertz CT molecular complexity index is 1370. The summed E-state index contributed by atoms with van der Waals surface area (Å²) in [6, 6.07) is 18.9. The Labute approximate surface area is 214 Å². The van der Waals surface area contributed by atoms with Crippen LogP contribution < -0.4 is 15.0 Å². The zero-order valence-corrected chi connectivity index (χ0v) is 21.0. The van der Waals surface area contributed by atoms with Crippen LogP contribution in [0.5, 0.6) is 5.75 Å². The number of nitrogens with zero attached hydrogens (tertiary/aromatic N) is 2. The lowest BCUT2D eigenvalue weighted by Gasteiger charge is -2.26. The van der Waals surface area contributed by atoms with E-state index < -0.39 is 0 Å². The summed E-state index contributed by atoms with van der Waals surface area (Å²) in [5, 5.41) is 4.32. The lowest BCUT2D eigenvalue weighted by Crippen LogP contribution is -2.29. The third kappa shape index (κ3) is 4.17. The second kappa shape index (κ2) is 9.37. The molecule has 0 unspecified atom stereocenters. The molecule has 1 N–H and O–H groups in total. The molecular weight excluding hydrogens is 541 g/mol. The number of anilines is 1. The van der Waals surface area contributed by atoms with E-state index in [4.69, 9.17) is 33.0 Å². The van der Waals surface area contributed by atoms with Gasteiger partial charge >= 0.3 is 0 Å². The van der Waals surface area contributed by atoms with Crippen LogP contribution in [0.15, 0.2) is 81.8 Å². The molecule has 9 heteroatoms. The van der Waals surface area contributed by atoms with Gasteiger partial charge in [-0.25, -0.2) is 4.39 Å². The number of halogens is 3. The Morgan fingerprint density at radius 2 is 2.00 bits per heavy atom. The predicted octanol–water partition coefficient (Wildman–Crippen LogP) is 7.08. The van der Waals surface area contributed by atoms with Crippen molar-refractivity contribution in [2.24, 2.45) is 0 Å². The van der Waals surface area contributed by atoms with Crippen LogP contribution in [0.4, 0.5) is 10.1 Å². The number of ether oxygens (including phenoxy) is 1. The average Bonchev–Trinajstić information content (AvgIpc) is 3.44. The van der Waals surface area contributed by atoms with Gasteiger partial charge in [0.15, 0.2) is 5.11 Å². The van der Waals surface area contributed by atoms with E-state index in [-0.39, 0.29) is 17.9 Å². The number of hydrogen-bond acceptors (Lipinski definition) is 4. The van der Waals surface area contributed by atoms with Crippen molar-refractivity contribution in [3.8, 4) is 17.1 Å². The van der Waals surface area contributed by atoms with Crippen LogP contribution in [0.25, 0.3) is 11.3 Å². The fourth-order valence-electron chi connectivity index (χ4n) is 4.07. The van der Waals surface area contributed by atoms with Crippen molar-refractivity contribution < 1.29 is 13.5 Å². The molecular formula is C25H18BrClFN3O2S. The molecule has 1 aliphatic heterocycles. The van der Waals surface area contributed by atoms with E-state index in [0.717, 1.165) is 11.4 Å². The van der Waals surface area contributed by atoms with E-state index in [1.165, 1.54) is 6.07 Å². The highest BCUT2D eigenvalue weighted by atomic mass is 79.9. The van der Waals surface area contributed by atoms with Crippen LogP contribution in [-0.4, -0.2) is 17.2 Å². The van der Waals surface area contributed by atoms with Gasteiger partial charge in [-0.1, -0.05) is 33.6 Å². The number of aromatic nitrogens is 1. The van der Waals surface area contributed by atoms with Gasteiger partial charge in [0.25, 0.3) is 0 Å². The molecule has 2 atom stereocenters. The zero-order chi connectivity index (χ0) is 23.8. The molecule has 2 aromatic carbocycles. The Balaban J connectivity index is 1.61. The van der Waals surface area contributed by atoms with Crippen LogP contribution >= 0.6 is 39.7 Å². The molecule has 0 bridgehead atoms. The Morgan fingerprint density at radius 3 is 2.71 bits per heavy atom. The van der Waals surface area contributed by atoms with Gasteiger partial charge in [0.05, 0.1) is 29.4 Å². The first-order chi connectivity index (χ1) is 16.5. The highest BCUT2D eigenvalue weighted by Gasteiger charge is 2.42. The number of nitrogens with one attached hydrogen (secondary N) is 1. The second-order valence-electron chi connectivity index (χ2n) is 7.64. The van der Waals surface area contributed by atoms with Gasteiger partial charge in [-0.15, -0.1) is 0 Å². The van der Waals surface area contributed by atoms with Crippen molar-refractivity contribution in [1.82, 2.24) is 10.3 Å². The maximum Gasteiger partial charge on any atom is 0.174 e. The van der Waals surface area contributed by atoms with Gasteiger partial charge in [-0.2, -0.15) is 0 Å².